The standard InChI is InChI=1S/C7HBF7NO3.2K/c9-2-3(10)5(12,1-16)7(14,15)6(13,4(2)11)19-8(17)18;;/h3H;;/q-2;2*+1. The number of nitriles is 1. The predicted octanol–water partition coefficient (Wildman–Crippen LogP) is -6.25. The van der Waals surface area contributed by atoms with Crippen LogP contribution in [-0.4, -0.2) is 30.9 Å². The number of allylic oxidation sites excluding steroid dienone is 1. The number of rotatable bonds is 2. The van der Waals surface area contributed by atoms with Gasteiger partial charge in [0.25, 0.3) is 0 Å². The van der Waals surface area contributed by atoms with Gasteiger partial charge in [-0.05, 0) is 0 Å². The minimum absolute atomic E-state index is 0. The number of nitrogens with zero attached hydrogens (tertiary/aromatic N) is 1. The average molecular weight is 369 g/mol. The second-order valence-electron chi connectivity index (χ2n) is 3.42. The van der Waals surface area contributed by atoms with Crippen LogP contribution in [0.3, 0.4) is 0 Å². The molecule has 0 bridgehead atoms. The third-order valence-electron chi connectivity index (χ3n) is 2.35. The van der Waals surface area contributed by atoms with Gasteiger partial charge in [-0.1, -0.05) is 0 Å². The largest absolute Gasteiger partial charge is 1.00 e. The summed E-state index contributed by atoms with van der Waals surface area (Å²) in [6.07, 6.45) is -4.16. The molecular weight excluding hydrogens is 368 g/mol. The van der Waals surface area contributed by atoms with Crippen LogP contribution in [0.25, 0.3) is 0 Å². The van der Waals surface area contributed by atoms with E-state index in [4.69, 9.17) is 5.26 Å². The third kappa shape index (κ3) is 3.80. The average Bonchev–Trinajstić information content (AvgIpc) is 2.32. The molecule has 0 aromatic heterocycles. The van der Waals surface area contributed by atoms with Gasteiger partial charge in [0.15, 0.2) is 5.83 Å². The molecule has 0 aromatic carbocycles. The van der Waals surface area contributed by atoms with Gasteiger partial charge in [-0.15, -0.1) is 0 Å². The molecule has 0 heterocycles. The van der Waals surface area contributed by atoms with Gasteiger partial charge in [0.05, 0.1) is 7.32 Å². The molecule has 0 spiro atoms. The quantitative estimate of drug-likeness (QED) is 0.359. The zero-order chi connectivity index (χ0) is 15.2. The molecule has 0 amide bonds. The van der Waals surface area contributed by atoms with Crippen LogP contribution in [0.2, 0.25) is 0 Å². The molecule has 106 valence electrons. The zero-order valence-corrected chi connectivity index (χ0v) is 16.7. The van der Waals surface area contributed by atoms with Crippen LogP contribution in [0.4, 0.5) is 30.7 Å². The van der Waals surface area contributed by atoms with Gasteiger partial charge in [-0.2, -0.15) is 18.4 Å². The van der Waals surface area contributed by atoms with Crippen LogP contribution >= 0.6 is 0 Å². The second kappa shape index (κ2) is 8.36. The summed E-state index contributed by atoms with van der Waals surface area (Å²) in [7, 11) is -3.91. The number of alkyl halides is 5. The monoisotopic (exact) mass is 369 g/mol. The summed E-state index contributed by atoms with van der Waals surface area (Å²) in [6, 6.07) is -0.0568. The molecule has 0 saturated carbocycles. The minimum atomic E-state index is -5.97. The molecule has 0 aromatic rings. The molecular formula is C7HBF7K2NO3. The van der Waals surface area contributed by atoms with E-state index in [0.717, 1.165) is 0 Å². The predicted molar refractivity (Wildman–Crippen MR) is 39.2 cm³/mol. The molecule has 14 heteroatoms. The van der Waals surface area contributed by atoms with Crippen molar-refractivity contribution < 1.29 is 148 Å². The fourth-order valence-electron chi connectivity index (χ4n) is 1.36. The molecule has 21 heavy (non-hydrogen) atoms. The van der Waals surface area contributed by atoms with Gasteiger partial charge in [0.2, 0.25) is 12.0 Å². The Morgan fingerprint density at radius 3 is 1.90 bits per heavy atom. The number of hydrogen-bond donors (Lipinski definition) is 0. The first-order valence-electron chi connectivity index (χ1n) is 4.31. The van der Waals surface area contributed by atoms with E-state index in [-0.39, 0.29) is 109 Å². The van der Waals surface area contributed by atoms with Crippen LogP contribution < -0.4 is 113 Å². The van der Waals surface area contributed by atoms with Gasteiger partial charge in [0.1, 0.15) is 6.07 Å². The first-order chi connectivity index (χ1) is 8.45. The van der Waals surface area contributed by atoms with Crippen molar-refractivity contribution in [3.8, 4) is 6.07 Å². The van der Waals surface area contributed by atoms with E-state index in [1.54, 1.807) is 0 Å². The molecule has 0 N–H and O–H groups in total. The fourth-order valence-corrected chi connectivity index (χ4v) is 1.36. The maximum Gasteiger partial charge on any atom is 1.00 e. The van der Waals surface area contributed by atoms with Crippen molar-refractivity contribution in [3.05, 3.63) is 11.7 Å². The normalized spacial score (nSPS) is 34.4. The summed E-state index contributed by atoms with van der Waals surface area (Å²) in [5, 5.41) is 28.0. The van der Waals surface area contributed by atoms with E-state index < -0.39 is 42.6 Å². The van der Waals surface area contributed by atoms with Crippen molar-refractivity contribution in [3.63, 3.8) is 0 Å². The smallest absolute Gasteiger partial charge is 0.871 e. The molecule has 3 unspecified atom stereocenters. The first-order valence-corrected chi connectivity index (χ1v) is 4.31. The molecule has 0 fully saturated rings. The molecule has 1 rings (SSSR count). The Hall–Kier alpha value is 1.96. The number of hydrogen-bond acceptors (Lipinski definition) is 4. The van der Waals surface area contributed by atoms with E-state index >= 15 is 0 Å². The van der Waals surface area contributed by atoms with Gasteiger partial charge in [0, 0.05) is 0 Å². The van der Waals surface area contributed by atoms with E-state index in [1.165, 1.54) is 0 Å². The second-order valence-corrected chi connectivity index (χ2v) is 3.42. The summed E-state index contributed by atoms with van der Waals surface area (Å²) in [5.41, 5.74) is -5.20. The Morgan fingerprint density at radius 1 is 1.14 bits per heavy atom. The molecule has 0 aliphatic heterocycles. The van der Waals surface area contributed by atoms with Crippen molar-refractivity contribution in [2.24, 2.45) is 0 Å². The van der Waals surface area contributed by atoms with Crippen LogP contribution in [0.1, 0.15) is 0 Å². The minimum Gasteiger partial charge on any atom is -0.871 e. The van der Waals surface area contributed by atoms with Crippen LogP contribution in [0.5, 0.6) is 0 Å². The van der Waals surface area contributed by atoms with Crippen molar-refractivity contribution in [1.82, 2.24) is 0 Å². The Labute approximate surface area is 198 Å². The molecule has 0 saturated heterocycles. The van der Waals surface area contributed by atoms with Crippen molar-refractivity contribution in [2.75, 3.05) is 0 Å². The summed E-state index contributed by atoms with van der Waals surface area (Å²) in [5.74, 6) is -17.8. The number of halogens is 7. The van der Waals surface area contributed by atoms with Gasteiger partial charge in [-0.3, -0.25) is 0 Å². The van der Waals surface area contributed by atoms with E-state index in [2.05, 4.69) is 4.65 Å². The summed E-state index contributed by atoms with van der Waals surface area (Å²) in [6.45, 7) is 0. The Kier molecular flexibility index (Phi) is 10.0. The van der Waals surface area contributed by atoms with Gasteiger partial charge >= 0.3 is 120 Å². The Balaban J connectivity index is 0. The first kappa shape index (κ1) is 25.2. The topological polar surface area (TPSA) is 79.1 Å². The Bertz CT molecular complexity index is 476. The molecule has 3 atom stereocenters. The molecule has 0 radical (unpaired) electrons. The van der Waals surface area contributed by atoms with Crippen LogP contribution in [-0.2, 0) is 4.65 Å². The van der Waals surface area contributed by atoms with Crippen molar-refractivity contribution in [1.29, 1.82) is 5.26 Å². The van der Waals surface area contributed by atoms with E-state index in [0.29, 0.717) is 0 Å². The van der Waals surface area contributed by atoms with Gasteiger partial charge in [-0.25, -0.2) is 17.6 Å². The third-order valence-corrected chi connectivity index (χ3v) is 2.35. The van der Waals surface area contributed by atoms with Gasteiger partial charge < -0.3 is 14.7 Å². The summed E-state index contributed by atoms with van der Waals surface area (Å²) in [4.78, 5) is 0. The van der Waals surface area contributed by atoms with E-state index in [1.807, 2.05) is 0 Å². The van der Waals surface area contributed by atoms with Crippen LogP contribution in [0, 0.1) is 11.3 Å². The SMILES string of the molecule is N#CC1(F)C(F)C(F)=C(F)C(F)(OB([O-])[O-])C1(F)F.[K+].[K+]. The Morgan fingerprint density at radius 2 is 1.57 bits per heavy atom. The fraction of sp³-hybridized carbons (Fsp3) is 0.571. The summed E-state index contributed by atoms with van der Waals surface area (Å²) < 4.78 is 94.9. The van der Waals surface area contributed by atoms with Crippen molar-refractivity contribution in [2.45, 2.75) is 23.6 Å². The zero-order valence-electron chi connectivity index (χ0n) is 10.5. The molecule has 1 aliphatic rings. The van der Waals surface area contributed by atoms with Crippen LogP contribution in [0.15, 0.2) is 11.7 Å². The van der Waals surface area contributed by atoms with Crippen molar-refractivity contribution >= 4 is 7.32 Å². The maximum atomic E-state index is 13.5. The molecule has 4 nitrogen and oxygen atoms in total. The summed E-state index contributed by atoms with van der Waals surface area (Å²) >= 11 is 0. The van der Waals surface area contributed by atoms with E-state index in [9.17, 15) is 40.8 Å². The maximum absolute atomic E-state index is 13.5. The molecule has 1 aliphatic carbocycles.